The number of hydrogen-bond donors (Lipinski definition) is 3. The Bertz CT molecular complexity index is 513. The number of amides is 2. The number of carbonyl (C=O) groups excluding carboxylic acids is 2. The highest BCUT2D eigenvalue weighted by Gasteiger charge is 2.16. The lowest BCUT2D eigenvalue weighted by Crippen LogP contribution is -2.45. The van der Waals surface area contributed by atoms with E-state index in [1.165, 1.54) is 0 Å². The van der Waals surface area contributed by atoms with E-state index in [0.717, 1.165) is 6.54 Å². The van der Waals surface area contributed by atoms with Gasteiger partial charge in [0.2, 0.25) is 5.91 Å². The molecule has 1 unspecified atom stereocenters. The molecule has 1 aromatic carbocycles. The fourth-order valence-corrected chi connectivity index (χ4v) is 2.27. The van der Waals surface area contributed by atoms with Crippen molar-refractivity contribution in [3.8, 4) is 5.75 Å². The third kappa shape index (κ3) is 5.88. The molecule has 7 nitrogen and oxygen atoms in total. The van der Waals surface area contributed by atoms with Gasteiger partial charge in [0.15, 0.2) is 0 Å². The molecule has 0 spiro atoms. The first-order valence-corrected chi connectivity index (χ1v) is 7.69. The zero-order valence-electron chi connectivity index (χ0n) is 13.3. The van der Waals surface area contributed by atoms with Crippen molar-refractivity contribution >= 4 is 11.8 Å². The van der Waals surface area contributed by atoms with Gasteiger partial charge >= 0.3 is 0 Å². The Morgan fingerprint density at radius 3 is 2.65 bits per heavy atom. The van der Waals surface area contributed by atoms with Crippen LogP contribution in [-0.4, -0.2) is 57.8 Å². The molecule has 0 saturated carbocycles. The normalized spacial score (nSPS) is 17.3. The third-order valence-corrected chi connectivity index (χ3v) is 3.52. The fraction of sp³-hybridized carbons (Fsp3) is 0.500. The molecule has 0 bridgehead atoms. The van der Waals surface area contributed by atoms with Gasteiger partial charge < -0.3 is 25.4 Å². The van der Waals surface area contributed by atoms with Crippen molar-refractivity contribution < 1.29 is 19.1 Å². The van der Waals surface area contributed by atoms with E-state index in [0.29, 0.717) is 44.0 Å². The van der Waals surface area contributed by atoms with Crippen LogP contribution in [0.3, 0.4) is 0 Å². The second-order valence-corrected chi connectivity index (χ2v) is 5.26. The van der Waals surface area contributed by atoms with Crippen LogP contribution in [0.4, 0.5) is 0 Å². The summed E-state index contributed by atoms with van der Waals surface area (Å²) in [7, 11) is 1.58. The van der Waals surface area contributed by atoms with Gasteiger partial charge in [0.25, 0.3) is 5.91 Å². The zero-order valence-corrected chi connectivity index (χ0v) is 13.3. The number of morpholine rings is 1. The molecule has 0 radical (unpaired) electrons. The summed E-state index contributed by atoms with van der Waals surface area (Å²) in [5.74, 6) is 0.477. The van der Waals surface area contributed by atoms with E-state index in [1.54, 1.807) is 31.4 Å². The molecule has 1 aliphatic rings. The summed E-state index contributed by atoms with van der Waals surface area (Å²) in [4.78, 5) is 23.7. The zero-order chi connectivity index (χ0) is 16.5. The molecule has 2 amide bonds. The van der Waals surface area contributed by atoms with Crippen LogP contribution in [-0.2, 0) is 9.53 Å². The second kappa shape index (κ2) is 9.12. The highest BCUT2D eigenvalue weighted by Crippen LogP contribution is 2.10. The molecular weight excluding hydrogens is 298 g/mol. The topological polar surface area (TPSA) is 88.7 Å². The quantitative estimate of drug-likeness (QED) is 0.611. The standard InChI is InChI=1S/C16H23N3O4/c1-22-14-4-2-12(3-5-14)16(21)19-7-6-18-15(20)10-13-11-23-9-8-17-13/h2-5,13,17H,6-11H2,1H3,(H,18,20)(H,19,21). The minimum atomic E-state index is -0.177. The first-order chi connectivity index (χ1) is 11.2. The van der Waals surface area contributed by atoms with Gasteiger partial charge in [-0.05, 0) is 24.3 Å². The van der Waals surface area contributed by atoms with Crippen molar-refractivity contribution in [3.63, 3.8) is 0 Å². The largest absolute Gasteiger partial charge is 0.497 e. The van der Waals surface area contributed by atoms with E-state index in [1.807, 2.05) is 0 Å². The summed E-state index contributed by atoms with van der Waals surface area (Å²) >= 11 is 0. The van der Waals surface area contributed by atoms with E-state index >= 15 is 0 Å². The Kier molecular flexibility index (Phi) is 6.83. The molecule has 0 aromatic heterocycles. The second-order valence-electron chi connectivity index (χ2n) is 5.26. The first-order valence-electron chi connectivity index (χ1n) is 7.69. The highest BCUT2D eigenvalue weighted by atomic mass is 16.5. The Hall–Kier alpha value is -2.12. The molecule has 1 aromatic rings. The van der Waals surface area contributed by atoms with Gasteiger partial charge in [-0.1, -0.05) is 0 Å². The number of nitrogens with one attached hydrogen (secondary N) is 3. The molecule has 1 fully saturated rings. The van der Waals surface area contributed by atoms with Crippen molar-refractivity contribution in [2.45, 2.75) is 12.5 Å². The number of carbonyl (C=O) groups is 2. The van der Waals surface area contributed by atoms with Gasteiger partial charge in [0, 0.05) is 37.7 Å². The number of rotatable bonds is 7. The molecule has 1 saturated heterocycles. The Labute approximate surface area is 135 Å². The van der Waals surface area contributed by atoms with E-state index in [9.17, 15) is 9.59 Å². The van der Waals surface area contributed by atoms with Gasteiger partial charge in [0.05, 0.1) is 20.3 Å². The summed E-state index contributed by atoms with van der Waals surface area (Å²) in [6, 6.07) is 6.92. The van der Waals surface area contributed by atoms with Crippen molar-refractivity contribution in [2.24, 2.45) is 0 Å². The van der Waals surface area contributed by atoms with Crippen LogP contribution in [0.15, 0.2) is 24.3 Å². The molecule has 23 heavy (non-hydrogen) atoms. The highest BCUT2D eigenvalue weighted by molar-refractivity contribution is 5.94. The smallest absolute Gasteiger partial charge is 0.251 e. The van der Waals surface area contributed by atoms with Gasteiger partial charge in [0.1, 0.15) is 5.75 Å². The summed E-state index contributed by atoms with van der Waals surface area (Å²) in [6.45, 7) is 2.80. The van der Waals surface area contributed by atoms with Crippen LogP contribution in [0.25, 0.3) is 0 Å². The van der Waals surface area contributed by atoms with Gasteiger partial charge in [-0.2, -0.15) is 0 Å². The summed E-state index contributed by atoms with van der Waals surface area (Å²) in [6.07, 6.45) is 0.381. The molecule has 1 aliphatic heterocycles. The predicted octanol–water partition coefficient (Wildman–Crippen LogP) is -0.0803. The lowest BCUT2D eigenvalue weighted by Gasteiger charge is -2.23. The van der Waals surface area contributed by atoms with Crippen LogP contribution in [0.2, 0.25) is 0 Å². The van der Waals surface area contributed by atoms with Crippen LogP contribution >= 0.6 is 0 Å². The average Bonchev–Trinajstić information content (AvgIpc) is 2.59. The molecule has 0 aliphatic carbocycles. The fourth-order valence-electron chi connectivity index (χ4n) is 2.27. The van der Waals surface area contributed by atoms with Gasteiger partial charge in [-0.25, -0.2) is 0 Å². The Morgan fingerprint density at radius 1 is 1.26 bits per heavy atom. The molecule has 1 atom stereocenters. The molecular formula is C16H23N3O4. The molecule has 2 rings (SSSR count). The van der Waals surface area contributed by atoms with E-state index in [2.05, 4.69) is 16.0 Å². The molecule has 3 N–H and O–H groups in total. The van der Waals surface area contributed by atoms with Crippen molar-refractivity contribution in [2.75, 3.05) is 40.0 Å². The van der Waals surface area contributed by atoms with E-state index in [-0.39, 0.29) is 17.9 Å². The molecule has 7 heteroatoms. The van der Waals surface area contributed by atoms with E-state index in [4.69, 9.17) is 9.47 Å². The molecule has 126 valence electrons. The van der Waals surface area contributed by atoms with Gasteiger partial charge in [-0.3, -0.25) is 9.59 Å². The lowest BCUT2D eigenvalue weighted by molar-refractivity contribution is -0.122. The van der Waals surface area contributed by atoms with Crippen LogP contribution in [0.1, 0.15) is 16.8 Å². The minimum absolute atomic E-state index is 0.0494. The van der Waals surface area contributed by atoms with Crippen LogP contribution in [0.5, 0.6) is 5.75 Å². The maximum Gasteiger partial charge on any atom is 0.251 e. The number of benzene rings is 1. The Morgan fingerprint density at radius 2 is 2.00 bits per heavy atom. The van der Waals surface area contributed by atoms with Crippen molar-refractivity contribution in [3.05, 3.63) is 29.8 Å². The van der Waals surface area contributed by atoms with E-state index < -0.39 is 0 Å². The molecule has 1 heterocycles. The number of hydrogen-bond acceptors (Lipinski definition) is 5. The lowest BCUT2D eigenvalue weighted by atomic mass is 10.2. The number of ether oxygens (including phenoxy) is 2. The van der Waals surface area contributed by atoms with Crippen LogP contribution < -0.4 is 20.7 Å². The summed E-state index contributed by atoms with van der Waals surface area (Å²) < 4.78 is 10.3. The average molecular weight is 321 g/mol. The monoisotopic (exact) mass is 321 g/mol. The SMILES string of the molecule is COc1ccc(C(=O)NCCNC(=O)CC2COCCN2)cc1. The third-order valence-electron chi connectivity index (χ3n) is 3.52. The minimum Gasteiger partial charge on any atom is -0.497 e. The van der Waals surface area contributed by atoms with Crippen LogP contribution in [0, 0.1) is 0 Å². The maximum atomic E-state index is 11.9. The maximum absolute atomic E-state index is 11.9. The van der Waals surface area contributed by atoms with Gasteiger partial charge in [-0.15, -0.1) is 0 Å². The summed E-state index contributed by atoms with van der Waals surface area (Å²) in [5.41, 5.74) is 0.556. The predicted molar refractivity (Wildman–Crippen MR) is 85.6 cm³/mol. The van der Waals surface area contributed by atoms with Crippen molar-refractivity contribution in [1.82, 2.24) is 16.0 Å². The first kappa shape index (κ1) is 17.2. The Balaban J connectivity index is 1.62. The number of methoxy groups -OCH3 is 1. The summed E-state index contributed by atoms with van der Waals surface area (Å²) in [5, 5.41) is 8.77. The van der Waals surface area contributed by atoms with Crippen molar-refractivity contribution in [1.29, 1.82) is 0 Å².